The molecule has 1 fully saturated rings. The van der Waals surface area contributed by atoms with Crippen molar-refractivity contribution in [1.82, 2.24) is 5.32 Å². The molecule has 1 aliphatic rings. The van der Waals surface area contributed by atoms with Crippen LogP contribution >= 0.6 is 11.8 Å². The zero-order chi connectivity index (χ0) is 12.7. The van der Waals surface area contributed by atoms with Crippen LogP contribution in [0.2, 0.25) is 0 Å². The Hall–Kier alpha value is -0.220. The Morgan fingerprint density at radius 1 is 1.41 bits per heavy atom. The number of hydrogen-bond donors (Lipinski definition) is 2. The maximum absolute atomic E-state index is 12.1. The number of nitrogens with two attached hydrogens (primary N) is 1. The van der Waals surface area contributed by atoms with Gasteiger partial charge in [0.15, 0.2) is 0 Å². The molecule has 3 N–H and O–H groups in total. The lowest BCUT2D eigenvalue weighted by Crippen LogP contribution is -2.41. The third-order valence-corrected chi connectivity index (χ3v) is 4.49. The summed E-state index contributed by atoms with van der Waals surface area (Å²) in [5.74, 6) is 2.16. The number of amides is 1. The molecule has 1 rings (SSSR count). The third kappa shape index (κ3) is 4.88. The van der Waals surface area contributed by atoms with Gasteiger partial charge < -0.3 is 11.1 Å². The summed E-state index contributed by atoms with van der Waals surface area (Å²) in [4.78, 5) is 12.1. The van der Waals surface area contributed by atoms with Crippen LogP contribution in [-0.2, 0) is 4.79 Å². The van der Waals surface area contributed by atoms with E-state index in [4.69, 9.17) is 5.73 Å². The zero-order valence-corrected chi connectivity index (χ0v) is 11.9. The second kappa shape index (κ2) is 7.98. The maximum Gasteiger partial charge on any atom is 0.223 e. The van der Waals surface area contributed by atoms with Crippen LogP contribution in [0.5, 0.6) is 0 Å². The molecule has 17 heavy (non-hydrogen) atoms. The molecule has 0 aromatic heterocycles. The summed E-state index contributed by atoms with van der Waals surface area (Å²) in [6, 6.07) is 0.338. The Morgan fingerprint density at radius 2 is 2.06 bits per heavy atom. The van der Waals surface area contributed by atoms with Crippen LogP contribution in [0, 0.1) is 11.8 Å². The first-order chi connectivity index (χ1) is 8.21. The lowest BCUT2D eigenvalue weighted by molar-refractivity contribution is -0.126. The van der Waals surface area contributed by atoms with Gasteiger partial charge in [-0.2, -0.15) is 11.8 Å². The minimum atomic E-state index is 0.230. The minimum absolute atomic E-state index is 0.230. The molecule has 1 aliphatic carbocycles. The number of carbonyl (C=O) groups excluding carboxylic acids is 1. The summed E-state index contributed by atoms with van der Waals surface area (Å²) in [5, 5.41) is 3.18. The molecule has 1 atom stereocenters. The molecule has 1 amide bonds. The first kappa shape index (κ1) is 14.8. The Labute approximate surface area is 109 Å². The van der Waals surface area contributed by atoms with Gasteiger partial charge in [-0.15, -0.1) is 0 Å². The number of hydrogen-bond acceptors (Lipinski definition) is 3. The van der Waals surface area contributed by atoms with E-state index >= 15 is 0 Å². The van der Waals surface area contributed by atoms with Crippen molar-refractivity contribution < 1.29 is 4.79 Å². The SMILES string of the molecule is CCC(CSC)NC(=O)C1CCC(CN)CC1. The molecule has 0 saturated heterocycles. The second-order valence-electron chi connectivity index (χ2n) is 5.02. The molecule has 0 bridgehead atoms. The van der Waals surface area contributed by atoms with Crippen LogP contribution in [0.1, 0.15) is 39.0 Å². The molecule has 3 nitrogen and oxygen atoms in total. The number of carbonyl (C=O) groups is 1. The standard InChI is InChI=1S/C13H26N2OS/c1-3-12(9-17-2)15-13(16)11-6-4-10(8-14)5-7-11/h10-12H,3-9,14H2,1-2H3,(H,15,16). The molecule has 0 radical (unpaired) electrons. The normalized spacial score (nSPS) is 26.5. The predicted molar refractivity (Wildman–Crippen MR) is 75.1 cm³/mol. The molecular formula is C13H26N2OS. The van der Waals surface area contributed by atoms with Gasteiger partial charge in [-0.1, -0.05) is 6.92 Å². The van der Waals surface area contributed by atoms with E-state index in [0.29, 0.717) is 12.0 Å². The van der Waals surface area contributed by atoms with E-state index in [1.165, 1.54) is 0 Å². The average Bonchev–Trinajstić information content (AvgIpc) is 2.38. The molecule has 0 aromatic carbocycles. The van der Waals surface area contributed by atoms with Gasteiger partial charge >= 0.3 is 0 Å². The van der Waals surface area contributed by atoms with E-state index in [9.17, 15) is 4.79 Å². The summed E-state index contributed by atoms with van der Waals surface area (Å²) in [7, 11) is 0. The van der Waals surface area contributed by atoms with Crippen molar-refractivity contribution in [3.8, 4) is 0 Å². The summed E-state index contributed by atoms with van der Waals surface area (Å²) in [6.45, 7) is 2.91. The van der Waals surface area contributed by atoms with Crippen LogP contribution in [-0.4, -0.2) is 30.5 Å². The topological polar surface area (TPSA) is 55.1 Å². The predicted octanol–water partition coefficient (Wildman–Crippen LogP) is 2.01. The molecule has 1 saturated carbocycles. The van der Waals surface area contributed by atoms with Crippen LogP contribution in [0.3, 0.4) is 0 Å². The fourth-order valence-corrected chi connectivity index (χ4v) is 3.16. The first-order valence-corrected chi connectivity index (χ1v) is 8.10. The van der Waals surface area contributed by atoms with E-state index in [2.05, 4.69) is 18.5 Å². The summed E-state index contributed by atoms with van der Waals surface area (Å²) >= 11 is 1.80. The zero-order valence-electron chi connectivity index (χ0n) is 11.1. The van der Waals surface area contributed by atoms with Crippen molar-refractivity contribution in [1.29, 1.82) is 0 Å². The van der Waals surface area contributed by atoms with Crippen LogP contribution in [0.15, 0.2) is 0 Å². The lowest BCUT2D eigenvalue weighted by Gasteiger charge is -2.28. The molecule has 0 spiro atoms. The van der Waals surface area contributed by atoms with Crippen molar-refractivity contribution in [3.05, 3.63) is 0 Å². The van der Waals surface area contributed by atoms with E-state index in [-0.39, 0.29) is 11.8 Å². The van der Waals surface area contributed by atoms with Crippen molar-refractivity contribution in [2.45, 2.75) is 45.1 Å². The van der Waals surface area contributed by atoms with Crippen LogP contribution in [0.4, 0.5) is 0 Å². The van der Waals surface area contributed by atoms with Gasteiger partial charge in [0.05, 0.1) is 0 Å². The fourth-order valence-electron chi connectivity index (χ4n) is 2.44. The summed E-state index contributed by atoms with van der Waals surface area (Å²) in [5.41, 5.74) is 5.66. The fraction of sp³-hybridized carbons (Fsp3) is 0.923. The third-order valence-electron chi connectivity index (χ3n) is 3.76. The van der Waals surface area contributed by atoms with Gasteiger partial charge in [-0.25, -0.2) is 0 Å². The first-order valence-electron chi connectivity index (χ1n) is 6.70. The molecule has 4 heteroatoms. The van der Waals surface area contributed by atoms with Gasteiger partial charge in [-0.3, -0.25) is 4.79 Å². The minimum Gasteiger partial charge on any atom is -0.352 e. The quantitative estimate of drug-likeness (QED) is 0.766. The van der Waals surface area contributed by atoms with Gasteiger partial charge in [0.25, 0.3) is 0 Å². The van der Waals surface area contributed by atoms with Crippen molar-refractivity contribution in [2.24, 2.45) is 17.6 Å². The number of nitrogens with one attached hydrogen (secondary N) is 1. The van der Waals surface area contributed by atoms with E-state index in [0.717, 1.165) is 44.4 Å². The molecule has 100 valence electrons. The number of thioether (sulfide) groups is 1. The molecule has 0 heterocycles. The largest absolute Gasteiger partial charge is 0.352 e. The highest BCUT2D eigenvalue weighted by Crippen LogP contribution is 2.28. The van der Waals surface area contributed by atoms with Crippen LogP contribution < -0.4 is 11.1 Å². The van der Waals surface area contributed by atoms with E-state index in [1.807, 2.05) is 0 Å². The van der Waals surface area contributed by atoms with Crippen LogP contribution in [0.25, 0.3) is 0 Å². The Bertz CT molecular complexity index is 227. The highest BCUT2D eigenvalue weighted by molar-refractivity contribution is 7.98. The van der Waals surface area contributed by atoms with E-state index < -0.39 is 0 Å². The summed E-state index contributed by atoms with van der Waals surface area (Å²) < 4.78 is 0. The molecule has 0 aliphatic heterocycles. The second-order valence-corrected chi connectivity index (χ2v) is 5.93. The average molecular weight is 258 g/mol. The molecule has 1 unspecified atom stereocenters. The summed E-state index contributed by atoms with van der Waals surface area (Å²) in [6.07, 6.45) is 7.38. The Balaban J connectivity index is 2.32. The smallest absolute Gasteiger partial charge is 0.223 e. The van der Waals surface area contributed by atoms with Gasteiger partial charge in [0, 0.05) is 17.7 Å². The van der Waals surface area contributed by atoms with Crippen molar-refractivity contribution in [2.75, 3.05) is 18.6 Å². The Kier molecular flexibility index (Phi) is 6.97. The van der Waals surface area contributed by atoms with E-state index in [1.54, 1.807) is 11.8 Å². The molecule has 0 aromatic rings. The highest BCUT2D eigenvalue weighted by Gasteiger charge is 2.26. The number of rotatable bonds is 6. The van der Waals surface area contributed by atoms with Gasteiger partial charge in [-0.05, 0) is 50.8 Å². The Morgan fingerprint density at radius 3 is 2.53 bits per heavy atom. The monoisotopic (exact) mass is 258 g/mol. The van der Waals surface area contributed by atoms with Gasteiger partial charge in [0.1, 0.15) is 0 Å². The highest BCUT2D eigenvalue weighted by atomic mass is 32.2. The molecular weight excluding hydrogens is 232 g/mol. The maximum atomic E-state index is 12.1. The lowest BCUT2D eigenvalue weighted by atomic mass is 9.81. The van der Waals surface area contributed by atoms with Crippen molar-refractivity contribution >= 4 is 17.7 Å². The van der Waals surface area contributed by atoms with Crippen molar-refractivity contribution in [3.63, 3.8) is 0 Å². The van der Waals surface area contributed by atoms with Gasteiger partial charge in [0.2, 0.25) is 5.91 Å².